The summed E-state index contributed by atoms with van der Waals surface area (Å²) in [4.78, 5) is 0.0698. The van der Waals surface area contributed by atoms with Gasteiger partial charge >= 0.3 is 0 Å². The Morgan fingerprint density at radius 3 is 2.65 bits per heavy atom. The van der Waals surface area contributed by atoms with Gasteiger partial charge in [-0.05, 0) is 28.1 Å². The zero-order valence-corrected chi connectivity index (χ0v) is 14.8. The van der Waals surface area contributed by atoms with Crippen molar-refractivity contribution >= 4 is 50.0 Å². The minimum Gasteiger partial charge on any atom is -0.383 e. The second-order valence-electron chi connectivity index (χ2n) is 3.69. The number of benzene rings is 1. The van der Waals surface area contributed by atoms with E-state index in [1.54, 1.807) is 19.2 Å². The van der Waals surface area contributed by atoms with Gasteiger partial charge in [0, 0.05) is 31.2 Å². The molecule has 0 amide bonds. The van der Waals surface area contributed by atoms with E-state index in [1.165, 1.54) is 6.07 Å². The first-order valence-electron chi connectivity index (χ1n) is 5.62. The molecule has 0 saturated heterocycles. The predicted molar refractivity (Wildman–Crippen MR) is 86.3 cm³/mol. The summed E-state index contributed by atoms with van der Waals surface area (Å²) < 4.78 is 31.9. The lowest BCUT2D eigenvalue weighted by atomic mass is 10.4. The van der Waals surface area contributed by atoms with Crippen molar-refractivity contribution in [2.75, 3.05) is 33.4 Å². The van der Waals surface area contributed by atoms with E-state index in [9.17, 15) is 8.42 Å². The molecule has 2 N–H and O–H groups in total. The van der Waals surface area contributed by atoms with Gasteiger partial charge in [-0.15, -0.1) is 12.4 Å². The number of halogens is 3. The molecule has 0 unspecified atom stereocenters. The van der Waals surface area contributed by atoms with Crippen LogP contribution < -0.4 is 10.0 Å². The molecule has 0 radical (unpaired) electrons. The average molecular weight is 408 g/mol. The summed E-state index contributed by atoms with van der Waals surface area (Å²) in [5.74, 6) is 0. The summed E-state index contributed by atoms with van der Waals surface area (Å²) in [7, 11) is -1.98. The molecule has 20 heavy (non-hydrogen) atoms. The highest BCUT2D eigenvalue weighted by atomic mass is 79.9. The Balaban J connectivity index is 0.00000361. The van der Waals surface area contributed by atoms with Crippen LogP contribution in [0.4, 0.5) is 0 Å². The van der Waals surface area contributed by atoms with Gasteiger partial charge in [0.1, 0.15) is 4.90 Å². The number of rotatable bonds is 8. The molecule has 0 heterocycles. The average Bonchev–Trinajstić information content (AvgIpc) is 2.36. The van der Waals surface area contributed by atoms with E-state index in [0.717, 1.165) is 0 Å². The summed E-state index contributed by atoms with van der Waals surface area (Å²) >= 11 is 9.16. The Hall–Kier alpha value is 0.110. The molecule has 0 aliphatic heterocycles. The SMILES string of the molecule is COCCNCCNS(=O)(=O)c1cccc(Br)c1Cl.Cl. The highest BCUT2D eigenvalue weighted by Crippen LogP contribution is 2.28. The van der Waals surface area contributed by atoms with Crippen LogP contribution in [-0.2, 0) is 14.8 Å². The number of nitrogens with one attached hydrogen (secondary N) is 2. The van der Waals surface area contributed by atoms with Crippen LogP contribution >= 0.6 is 39.9 Å². The Morgan fingerprint density at radius 1 is 1.30 bits per heavy atom. The lowest BCUT2D eigenvalue weighted by Gasteiger charge is -2.09. The lowest BCUT2D eigenvalue weighted by molar-refractivity contribution is 0.199. The molecule has 0 spiro atoms. The van der Waals surface area contributed by atoms with Gasteiger partial charge in [0.05, 0.1) is 11.6 Å². The zero-order valence-electron chi connectivity index (χ0n) is 10.9. The minimum absolute atomic E-state index is 0. The van der Waals surface area contributed by atoms with Crippen molar-refractivity contribution in [2.24, 2.45) is 0 Å². The van der Waals surface area contributed by atoms with Crippen molar-refractivity contribution in [1.29, 1.82) is 0 Å². The Bertz CT molecular complexity index is 514. The number of hydrogen-bond acceptors (Lipinski definition) is 4. The van der Waals surface area contributed by atoms with Crippen LogP contribution in [0.2, 0.25) is 5.02 Å². The van der Waals surface area contributed by atoms with Crippen LogP contribution in [0.15, 0.2) is 27.6 Å². The van der Waals surface area contributed by atoms with Crippen molar-refractivity contribution in [3.8, 4) is 0 Å². The zero-order chi connectivity index (χ0) is 14.3. The third-order valence-electron chi connectivity index (χ3n) is 2.28. The molecule has 0 fully saturated rings. The molecule has 0 saturated carbocycles. The number of sulfonamides is 1. The van der Waals surface area contributed by atoms with Gasteiger partial charge in [-0.1, -0.05) is 17.7 Å². The maximum atomic E-state index is 12.0. The topological polar surface area (TPSA) is 67.4 Å². The van der Waals surface area contributed by atoms with Crippen LogP contribution in [-0.4, -0.2) is 41.8 Å². The van der Waals surface area contributed by atoms with Crippen LogP contribution in [0.1, 0.15) is 0 Å². The normalized spacial score (nSPS) is 11.2. The largest absolute Gasteiger partial charge is 0.383 e. The monoisotopic (exact) mass is 406 g/mol. The van der Waals surface area contributed by atoms with Gasteiger partial charge in [0.2, 0.25) is 10.0 Å². The predicted octanol–water partition coefficient (Wildman–Crippen LogP) is 2.04. The van der Waals surface area contributed by atoms with Crippen molar-refractivity contribution in [3.05, 3.63) is 27.7 Å². The van der Waals surface area contributed by atoms with Crippen LogP contribution in [0.25, 0.3) is 0 Å². The van der Waals surface area contributed by atoms with E-state index in [4.69, 9.17) is 16.3 Å². The molecule has 0 atom stereocenters. The van der Waals surface area contributed by atoms with E-state index in [1.807, 2.05) is 0 Å². The van der Waals surface area contributed by atoms with E-state index in [0.29, 0.717) is 24.2 Å². The molecule has 1 aromatic carbocycles. The number of hydrogen-bond donors (Lipinski definition) is 2. The summed E-state index contributed by atoms with van der Waals surface area (Å²) in [6, 6.07) is 4.78. The van der Waals surface area contributed by atoms with Gasteiger partial charge in [-0.25, -0.2) is 13.1 Å². The molecular formula is C11H17BrCl2N2O3S. The van der Waals surface area contributed by atoms with Crippen LogP contribution in [0.5, 0.6) is 0 Å². The quantitative estimate of drug-likeness (QED) is 0.647. The molecular weight excluding hydrogens is 391 g/mol. The Kier molecular flexibility index (Phi) is 10.00. The molecule has 0 bridgehead atoms. The first-order valence-corrected chi connectivity index (χ1v) is 8.28. The standard InChI is InChI=1S/C11H16BrClN2O3S.ClH/c1-18-8-7-14-5-6-15-19(16,17)10-4-2-3-9(12)11(10)13;/h2-4,14-15H,5-8H2,1H3;1H. The van der Waals surface area contributed by atoms with Gasteiger partial charge in [0.15, 0.2) is 0 Å². The molecule has 0 aliphatic rings. The van der Waals surface area contributed by atoms with Gasteiger partial charge < -0.3 is 10.1 Å². The third kappa shape index (κ3) is 6.26. The molecule has 1 rings (SSSR count). The molecule has 5 nitrogen and oxygen atoms in total. The second kappa shape index (κ2) is 9.94. The van der Waals surface area contributed by atoms with Crippen LogP contribution in [0, 0.1) is 0 Å². The van der Waals surface area contributed by atoms with Crippen LogP contribution in [0.3, 0.4) is 0 Å². The highest BCUT2D eigenvalue weighted by Gasteiger charge is 2.18. The maximum absolute atomic E-state index is 12.0. The summed E-state index contributed by atoms with van der Waals surface area (Å²) in [6.45, 7) is 2.07. The molecule has 9 heteroatoms. The van der Waals surface area contributed by atoms with Crippen molar-refractivity contribution < 1.29 is 13.2 Å². The fourth-order valence-electron chi connectivity index (χ4n) is 1.34. The van der Waals surface area contributed by atoms with E-state index >= 15 is 0 Å². The molecule has 116 valence electrons. The summed E-state index contributed by atoms with van der Waals surface area (Å²) in [5.41, 5.74) is 0. The Labute approximate surface area is 139 Å². The first-order chi connectivity index (χ1) is 8.99. The fraction of sp³-hybridized carbons (Fsp3) is 0.455. The van der Waals surface area contributed by atoms with Gasteiger partial charge in [-0.3, -0.25) is 0 Å². The number of ether oxygens (including phenoxy) is 1. The summed E-state index contributed by atoms with van der Waals surface area (Å²) in [6.07, 6.45) is 0. The van der Waals surface area contributed by atoms with Crippen molar-refractivity contribution in [2.45, 2.75) is 4.90 Å². The van der Waals surface area contributed by atoms with Gasteiger partial charge in [-0.2, -0.15) is 0 Å². The summed E-state index contributed by atoms with van der Waals surface area (Å²) in [5, 5.41) is 3.22. The van der Waals surface area contributed by atoms with E-state index in [-0.39, 0.29) is 28.9 Å². The second-order valence-corrected chi connectivity index (χ2v) is 6.66. The molecule has 0 aliphatic carbocycles. The third-order valence-corrected chi connectivity index (χ3v) is 5.19. The van der Waals surface area contributed by atoms with E-state index in [2.05, 4.69) is 26.0 Å². The van der Waals surface area contributed by atoms with Crippen molar-refractivity contribution in [1.82, 2.24) is 10.0 Å². The number of methoxy groups -OCH3 is 1. The minimum atomic E-state index is -3.59. The maximum Gasteiger partial charge on any atom is 0.242 e. The fourth-order valence-corrected chi connectivity index (χ4v) is 3.40. The van der Waals surface area contributed by atoms with Crippen molar-refractivity contribution in [3.63, 3.8) is 0 Å². The molecule has 1 aromatic rings. The lowest BCUT2D eigenvalue weighted by Crippen LogP contribution is -2.33. The van der Waals surface area contributed by atoms with Gasteiger partial charge in [0.25, 0.3) is 0 Å². The molecule has 0 aromatic heterocycles. The Morgan fingerprint density at radius 2 is 2.00 bits per heavy atom. The first kappa shape index (κ1) is 20.1. The van der Waals surface area contributed by atoms with E-state index < -0.39 is 10.0 Å². The highest BCUT2D eigenvalue weighted by molar-refractivity contribution is 9.10. The smallest absolute Gasteiger partial charge is 0.242 e.